The third-order valence-corrected chi connectivity index (χ3v) is 2.97. The van der Waals surface area contributed by atoms with E-state index in [-0.39, 0.29) is 18.8 Å². The van der Waals surface area contributed by atoms with Gasteiger partial charge in [0.1, 0.15) is 5.75 Å². The van der Waals surface area contributed by atoms with E-state index in [9.17, 15) is 9.59 Å². The first-order chi connectivity index (χ1) is 10.0. The molecule has 0 aliphatic rings. The maximum Gasteiger partial charge on any atom is 0.311 e. The molecule has 1 rings (SSSR count). The summed E-state index contributed by atoms with van der Waals surface area (Å²) in [6, 6.07) is 5.60. The number of carbonyl (C=O) groups is 2. The maximum absolute atomic E-state index is 11.7. The second kappa shape index (κ2) is 9.16. The molecule has 21 heavy (non-hydrogen) atoms. The van der Waals surface area contributed by atoms with E-state index in [2.05, 4.69) is 6.92 Å². The summed E-state index contributed by atoms with van der Waals surface area (Å²) in [4.78, 5) is 23.1. The van der Waals surface area contributed by atoms with Crippen LogP contribution in [0.5, 0.6) is 5.75 Å². The lowest BCUT2D eigenvalue weighted by atomic mass is 10.1. The number of rotatable bonds is 8. The van der Waals surface area contributed by atoms with Crippen molar-refractivity contribution in [2.75, 3.05) is 6.61 Å². The molecule has 0 spiro atoms. The van der Waals surface area contributed by atoms with Crippen molar-refractivity contribution in [3.05, 3.63) is 29.3 Å². The Kier molecular flexibility index (Phi) is 7.51. The molecule has 4 heteroatoms. The molecular weight excluding hydrogens is 268 g/mol. The van der Waals surface area contributed by atoms with Gasteiger partial charge in [-0.15, -0.1) is 0 Å². The van der Waals surface area contributed by atoms with Crippen molar-refractivity contribution in [2.24, 2.45) is 0 Å². The molecule has 0 bridgehead atoms. The number of carbonyl (C=O) groups excluding carboxylic acids is 2. The quantitative estimate of drug-likeness (QED) is 0.416. The molecule has 0 radical (unpaired) electrons. The highest BCUT2D eigenvalue weighted by Gasteiger charge is 2.10. The van der Waals surface area contributed by atoms with Crippen LogP contribution in [0, 0.1) is 13.8 Å². The molecule has 1 aromatic carbocycles. The number of hydrogen-bond acceptors (Lipinski definition) is 4. The summed E-state index contributed by atoms with van der Waals surface area (Å²) in [5, 5.41) is 0. The van der Waals surface area contributed by atoms with Gasteiger partial charge >= 0.3 is 11.9 Å². The molecule has 0 aliphatic carbocycles. The lowest BCUT2D eigenvalue weighted by Gasteiger charge is -2.07. The lowest BCUT2D eigenvalue weighted by Crippen LogP contribution is -2.13. The van der Waals surface area contributed by atoms with E-state index >= 15 is 0 Å². The largest absolute Gasteiger partial charge is 0.466 e. The molecule has 0 aromatic heterocycles. The second-order valence-corrected chi connectivity index (χ2v) is 5.23. The average molecular weight is 292 g/mol. The zero-order chi connectivity index (χ0) is 15.7. The van der Waals surface area contributed by atoms with Gasteiger partial charge in [0.15, 0.2) is 0 Å². The van der Waals surface area contributed by atoms with Crippen molar-refractivity contribution >= 4 is 11.9 Å². The highest BCUT2D eigenvalue weighted by molar-refractivity contribution is 5.79. The molecule has 0 heterocycles. The molecule has 1 aromatic rings. The van der Waals surface area contributed by atoms with Crippen molar-refractivity contribution in [3.8, 4) is 5.75 Å². The van der Waals surface area contributed by atoms with Crippen LogP contribution >= 0.6 is 0 Å². The van der Waals surface area contributed by atoms with Crippen molar-refractivity contribution in [2.45, 2.75) is 52.9 Å². The highest BCUT2D eigenvalue weighted by Crippen LogP contribution is 2.17. The lowest BCUT2D eigenvalue weighted by molar-refractivity contribution is -0.147. The van der Waals surface area contributed by atoms with E-state index in [4.69, 9.17) is 9.47 Å². The molecule has 0 unspecified atom stereocenters. The standard InChI is InChI=1S/C17H24O4/c1-4-5-6-9-20-16(18)7-8-17(19)21-15-11-13(2)10-14(3)12-15/h10-12H,4-9H2,1-3H3. The number of unbranched alkanes of at least 4 members (excludes halogenated alkanes) is 2. The number of ether oxygens (including phenoxy) is 2. The smallest absolute Gasteiger partial charge is 0.311 e. The molecular formula is C17H24O4. The fourth-order valence-electron chi connectivity index (χ4n) is 1.99. The van der Waals surface area contributed by atoms with E-state index < -0.39 is 5.97 Å². The third kappa shape index (κ3) is 7.49. The Morgan fingerprint density at radius 1 is 0.952 bits per heavy atom. The number of benzene rings is 1. The van der Waals surface area contributed by atoms with Crippen LogP contribution in [-0.4, -0.2) is 18.5 Å². The van der Waals surface area contributed by atoms with Gasteiger partial charge in [0.05, 0.1) is 19.4 Å². The SMILES string of the molecule is CCCCCOC(=O)CCC(=O)Oc1cc(C)cc(C)c1. The van der Waals surface area contributed by atoms with E-state index in [1.165, 1.54) is 0 Å². The zero-order valence-corrected chi connectivity index (χ0v) is 13.1. The first kappa shape index (κ1) is 17.2. The number of hydrogen-bond donors (Lipinski definition) is 0. The van der Waals surface area contributed by atoms with Gasteiger partial charge in [0.25, 0.3) is 0 Å². The summed E-state index contributed by atoms with van der Waals surface area (Å²) >= 11 is 0. The minimum Gasteiger partial charge on any atom is -0.466 e. The van der Waals surface area contributed by atoms with E-state index in [0.717, 1.165) is 30.4 Å². The van der Waals surface area contributed by atoms with Crippen LogP contribution < -0.4 is 4.74 Å². The summed E-state index contributed by atoms with van der Waals surface area (Å²) in [5.74, 6) is -0.234. The Balaban J connectivity index is 2.29. The van der Waals surface area contributed by atoms with Gasteiger partial charge in [0.2, 0.25) is 0 Å². The topological polar surface area (TPSA) is 52.6 Å². The van der Waals surface area contributed by atoms with Crippen molar-refractivity contribution in [1.82, 2.24) is 0 Å². The summed E-state index contributed by atoms with van der Waals surface area (Å²) in [5.41, 5.74) is 2.07. The zero-order valence-electron chi connectivity index (χ0n) is 13.1. The number of aryl methyl sites for hydroxylation is 2. The van der Waals surface area contributed by atoms with Crippen molar-refractivity contribution < 1.29 is 19.1 Å². The third-order valence-electron chi connectivity index (χ3n) is 2.97. The minimum absolute atomic E-state index is 0.0413. The van der Waals surface area contributed by atoms with E-state index in [1.807, 2.05) is 19.9 Å². The molecule has 116 valence electrons. The van der Waals surface area contributed by atoms with Crippen LogP contribution in [0.25, 0.3) is 0 Å². The summed E-state index contributed by atoms with van der Waals surface area (Å²) in [6.07, 6.45) is 3.10. The highest BCUT2D eigenvalue weighted by atomic mass is 16.5. The van der Waals surface area contributed by atoms with E-state index in [0.29, 0.717) is 12.4 Å². The van der Waals surface area contributed by atoms with Crippen LogP contribution in [0.2, 0.25) is 0 Å². The second-order valence-electron chi connectivity index (χ2n) is 5.23. The molecule has 0 N–H and O–H groups in total. The Morgan fingerprint density at radius 3 is 2.19 bits per heavy atom. The fourth-order valence-corrected chi connectivity index (χ4v) is 1.99. The van der Waals surface area contributed by atoms with E-state index in [1.54, 1.807) is 12.1 Å². The monoisotopic (exact) mass is 292 g/mol. The molecule has 0 atom stereocenters. The minimum atomic E-state index is -0.412. The fraction of sp³-hybridized carbons (Fsp3) is 0.529. The first-order valence-corrected chi connectivity index (χ1v) is 7.46. The van der Waals surface area contributed by atoms with Crippen molar-refractivity contribution in [3.63, 3.8) is 0 Å². The van der Waals surface area contributed by atoms with Crippen LogP contribution in [-0.2, 0) is 14.3 Å². The Bertz CT molecular complexity index is 459. The predicted octanol–water partition coefficient (Wildman–Crippen LogP) is 3.72. The van der Waals surface area contributed by atoms with Gasteiger partial charge in [-0.2, -0.15) is 0 Å². The van der Waals surface area contributed by atoms with Gasteiger partial charge in [-0.3, -0.25) is 9.59 Å². The Morgan fingerprint density at radius 2 is 1.57 bits per heavy atom. The maximum atomic E-state index is 11.7. The normalized spacial score (nSPS) is 10.2. The summed E-state index contributed by atoms with van der Waals surface area (Å²) < 4.78 is 10.3. The molecule has 0 aliphatic heterocycles. The van der Waals surface area contributed by atoms with Gasteiger partial charge in [0, 0.05) is 0 Å². The Hall–Kier alpha value is -1.84. The summed E-state index contributed by atoms with van der Waals surface area (Å²) in [6.45, 7) is 6.40. The van der Waals surface area contributed by atoms with Crippen molar-refractivity contribution in [1.29, 1.82) is 0 Å². The van der Waals surface area contributed by atoms with Crippen LogP contribution in [0.4, 0.5) is 0 Å². The number of esters is 2. The average Bonchev–Trinajstić information content (AvgIpc) is 2.40. The predicted molar refractivity (Wildman–Crippen MR) is 81.3 cm³/mol. The van der Waals surface area contributed by atoms with Gasteiger partial charge in [-0.05, 0) is 43.5 Å². The molecule has 4 nitrogen and oxygen atoms in total. The molecule has 0 saturated carbocycles. The molecule has 0 saturated heterocycles. The molecule has 0 fully saturated rings. The van der Waals surface area contributed by atoms with Crippen LogP contribution in [0.15, 0.2) is 18.2 Å². The summed E-state index contributed by atoms with van der Waals surface area (Å²) in [7, 11) is 0. The van der Waals surface area contributed by atoms with Crippen LogP contribution in [0.3, 0.4) is 0 Å². The first-order valence-electron chi connectivity index (χ1n) is 7.46. The van der Waals surface area contributed by atoms with Crippen LogP contribution in [0.1, 0.15) is 50.2 Å². The van der Waals surface area contributed by atoms with Gasteiger partial charge in [-0.25, -0.2) is 0 Å². The van der Waals surface area contributed by atoms with Gasteiger partial charge < -0.3 is 9.47 Å². The Labute approximate surface area is 126 Å². The molecule has 0 amide bonds. The van der Waals surface area contributed by atoms with Gasteiger partial charge in [-0.1, -0.05) is 25.8 Å².